The summed E-state index contributed by atoms with van der Waals surface area (Å²) in [6.45, 7) is 3.48. The largest absolute Gasteiger partial charge is 0.387 e. The standard InChI is InChI=1S/C17H24N2O2/c1-3-10-19-15-7-5-4-6-14(15)18-16(19)11-17(20,12-21-2)13-8-9-13/h4-7,13,20H,3,8-12H2,1-2H3. The number of aromatic nitrogens is 2. The molecule has 4 heteroatoms. The van der Waals surface area contributed by atoms with Gasteiger partial charge in [-0.1, -0.05) is 19.1 Å². The van der Waals surface area contributed by atoms with E-state index in [1.807, 2.05) is 18.2 Å². The summed E-state index contributed by atoms with van der Waals surface area (Å²) in [5, 5.41) is 10.9. The van der Waals surface area contributed by atoms with Crippen LogP contribution in [0.1, 0.15) is 32.0 Å². The fourth-order valence-corrected chi connectivity index (χ4v) is 3.19. The molecule has 0 radical (unpaired) electrons. The summed E-state index contributed by atoms with van der Waals surface area (Å²) in [6.07, 6.45) is 3.81. The van der Waals surface area contributed by atoms with Gasteiger partial charge in [0.2, 0.25) is 0 Å². The summed E-state index contributed by atoms with van der Waals surface area (Å²) in [5.74, 6) is 1.33. The molecular weight excluding hydrogens is 264 g/mol. The average molecular weight is 288 g/mol. The molecule has 4 nitrogen and oxygen atoms in total. The Kier molecular flexibility index (Phi) is 4.00. The third-order valence-electron chi connectivity index (χ3n) is 4.38. The van der Waals surface area contributed by atoms with Crippen molar-refractivity contribution < 1.29 is 9.84 Å². The van der Waals surface area contributed by atoms with Gasteiger partial charge in [-0.3, -0.25) is 0 Å². The number of fused-ring (bicyclic) bond motifs is 1. The zero-order valence-corrected chi connectivity index (χ0v) is 12.9. The molecule has 0 bridgehead atoms. The minimum atomic E-state index is -0.776. The molecule has 0 saturated heterocycles. The monoisotopic (exact) mass is 288 g/mol. The highest BCUT2D eigenvalue weighted by Gasteiger charge is 2.44. The van der Waals surface area contributed by atoms with Gasteiger partial charge in [-0.15, -0.1) is 0 Å². The number of hydrogen-bond acceptors (Lipinski definition) is 3. The predicted molar refractivity (Wildman–Crippen MR) is 83.3 cm³/mol. The van der Waals surface area contributed by atoms with Crippen LogP contribution in [0.15, 0.2) is 24.3 Å². The minimum Gasteiger partial charge on any atom is -0.387 e. The smallest absolute Gasteiger partial charge is 0.112 e. The Balaban J connectivity index is 1.96. The van der Waals surface area contributed by atoms with Crippen LogP contribution in [0.2, 0.25) is 0 Å². The molecule has 0 aliphatic heterocycles. The molecule has 3 rings (SSSR count). The van der Waals surface area contributed by atoms with Crippen molar-refractivity contribution >= 4 is 11.0 Å². The van der Waals surface area contributed by atoms with Gasteiger partial charge in [0, 0.05) is 20.1 Å². The molecule has 1 heterocycles. The second-order valence-corrected chi connectivity index (χ2v) is 6.16. The third-order valence-corrected chi connectivity index (χ3v) is 4.38. The van der Waals surface area contributed by atoms with Gasteiger partial charge in [0.1, 0.15) is 5.82 Å². The van der Waals surface area contributed by atoms with E-state index < -0.39 is 5.60 Å². The molecule has 1 atom stereocenters. The molecule has 2 aromatic rings. The Hall–Kier alpha value is -1.39. The van der Waals surface area contributed by atoms with Gasteiger partial charge < -0.3 is 14.4 Å². The van der Waals surface area contributed by atoms with Crippen molar-refractivity contribution in [3.05, 3.63) is 30.1 Å². The number of benzene rings is 1. The van der Waals surface area contributed by atoms with Crippen LogP contribution in [-0.4, -0.2) is 34.0 Å². The van der Waals surface area contributed by atoms with Crippen molar-refractivity contribution in [1.29, 1.82) is 0 Å². The Labute approximate surface area is 125 Å². The third kappa shape index (κ3) is 2.83. The highest BCUT2D eigenvalue weighted by molar-refractivity contribution is 5.75. The van der Waals surface area contributed by atoms with Gasteiger partial charge in [-0.2, -0.15) is 0 Å². The first-order chi connectivity index (χ1) is 10.2. The summed E-state index contributed by atoms with van der Waals surface area (Å²) >= 11 is 0. The molecule has 1 fully saturated rings. The molecule has 1 N–H and O–H groups in total. The van der Waals surface area contributed by atoms with Crippen LogP contribution in [0.5, 0.6) is 0 Å². The molecule has 1 aromatic heterocycles. The fourth-order valence-electron chi connectivity index (χ4n) is 3.19. The number of ether oxygens (including phenoxy) is 1. The Morgan fingerprint density at radius 3 is 2.81 bits per heavy atom. The zero-order chi connectivity index (χ0) is 14.9. The van der Waals surface area contributed by atoms with Crippen LogP contribution in [0.4, 0.5) is 0 Å². The fraction of sp³-hybridized carbons (Fsp3) is 0.588. The van der Waals surface area contributed by atoms with E-state index in [1.54, 1.807) is 7.11 Å². The van der Waals surface area contributed by atoms with Crippen molar-refractivity contribution in [2.24, 2.45) is 5.92 Å². The predicted octanol–water partition coefficient (Wildman–Crippen LogP) is 2.78. The second kappa shape index (κ2) is 5.78. The number of rotatable bonds is 7. The van der Waals surface area contributed by atoms with Gasteiger partial charge in [-0.05, 0) is 37.3 Å². The van der Waals surface area contributed by atoms with Crippen LogP contribution in [0.3, 0.4) is 0 Å². The summed E-state index contributed by atoms with van der Waals surface area (Å²) in [6, 6.07) is 8.20. The maximum Gasteiger partial charge on any atom is 0.112 e. The topological polar surface area (TPSA) is 47.3 Å². The van der Waals surface area contributed by atoms with Crippen LogP contribution in [0, 0.1) is 5.92 Å². The number of para-hydroxylation sites is 2. The highest BCUT2D eigenvalue weighted by Crippen LogP contribution is 2.41. The van der Waals surface area contributed by atoms with Crippen molar-refractivity contribution in [3.63, 3.8) is 0 Å². The van der Waals surface area contributed by atoms with E-state index in [2.05, 4.69) is 17.6 Å². The van der Waals surface area contributed by atoms with E-state index in [0.717, 1.165) is 42.7 Å². The summed E-state index contributed by atoms with van der Waals surface area (Å²) in [4.78, 5) is 4.76. The lowest BCUT2D eigenvalue weighted by Gasteiger charge is -2.27. The number of hydrogen-bond donors (Lipinski definition) is 1. The number of imidazole rings is 1. The molecule has 1 aliphatic carbocycles. The SMILES string of the molecule is CCCn1c(CC(O)(COC)C2CC2)nc2ccccc21. The molecular formula is C17H24N2O2. The van der Waals surface area contributed by atoms with Crippen LogP contribution in [-0.2, 0) is 17.7 Å². The van der Waals surface area contributed by atoms with Gasteiger partial charge in [0.05, 0.1) is 23.2 Å². The minimum absolute atomic E-state index is 0.354. The molecule has 1 saturated carbocycles. The summed E-state index contributed by atoms with van der Waals surface area (Å²) < 4.78 is 7.52. The van der Waals surface area contributed by atoms with E-state index in [9.17, 15) is 5.11 Å². The molecule has 0 amide bonds. The number of nitrogens with zero attached hydrogens (tertiary/aromatic N) is 2. The van der Waals surface area contributed by atoms with E-state index in [-0.39, 0.29) is 0 Å². The van der Waals surface area contributed by atoms with Gasteiger partial charge in [0.15, 0.2) is 0 Å². The summed E-state index contributed by atoms with van der Waals surface area (Å²) in [5.41, 5.74) is 1.39. The van der Waals surface area contributed by atoms with E-state index >= 15 is 0 Å². The van der Waals surface area contributed by atoms with Crippen molar-refractivity contribution in [2.45, 2.75) is 44.8 Å². The van der Waals surface area contributed by atoms with Gasteiger partial charge >= 0.3 is 0 Å². The van der Waals surface area contributed by atoms with Crippen molar-refractivity contribution in [2.75, 3.05) is 13.7 Å². The number of methoxy groups -OCH3 is 1. The van der Waals surface area contributed by atoms with Crippen molar-refractivity contribution in [1.82, 2.24) is 9.55 Å². The summed E-state index contributed by atoms with van der Waals surface area (Å²) in [7, 11) is 1.66. The lowest BCUT2D eigenvalue weighted by Crippen LogP contribution is -2.40. The second-order valence-electron chi connectivity index (χ2n) is 6.16. The van der Waals surface area contributed by atoms with Crippen molar-refractivity contribution in [3.8, 4) is 0 Å². The Bertz CT molecular complexity index is 618. The van der Waals surface area contributed by atoms with E-state index in [1.165, 1.54) is 0 Å². The van der Waals surface area contributed by atoms with Gasteiger partial charge in [-0.25, -0.2) is 4.98 Å². The first-order valence-electron chi connectivity index (χ1n) is 7.83. The average Bonchev–Trinajstić information content (AvgIpc) is 3.26. The molecule has 1 aliphatic rings. The molecule has 1 aromatic carbocycles. The normalized spacial score (nSPS) is 18.0. The molecule has 1 unspecified atom stereocenters. The number of aliphatic hydroxyl groups is 1. The van der Waals surface area contributed by atoms with Crippen LogP contribution >= 0.6 is 0 Å². The van der Waals surface area contributed by atoms with E-state index in [0.29, 0.717) is 18.9 Å². The molecule has 114 valence electrons. The lowest BCUT2D eigenvalue weighted by atomic mass is 9.94. The quantitative estimate of drug-likeness (QED) is 0.852. The molecule has 21 heavy (non-hydrogen) atoms. The Morgan fingerprint density at radius 2 is 2.14 bits per heavy atom. The first kappa shape index (κ1) is 14.5. The van der Waals surface area contributed by atoms with Crippen LogP contribution < -0.4 is 0 Å². The van der Waals surface area contributed by atoms with Gasteiger partial charge in [0.25, 0.3) is 0 Å². The maximum absolute atomic E-state index is 10.9. The maximum atomic E-state index is 10.9. The van der Waals surface area contributed by atoms with E-state index in [4.69, 9.17) is 9.72 Å². The zero-order valence-electron chi connectivity index (χ0n) is 12.9. The highest BCUT2D eigenvalue weighted by atomic mass is 16.5. The first-order valence-corrected chi connectivity index (χ1v) is 7.83. The number of aryl methyl sites for hydroxylation is 1. The molecule has 0 spiro atoms. The van der Waals surface area contributed by atoms with Crippen LogP contribution in [0.25, 0.3) is 11.0 Å². The lowest BCUT2D eigenvalue weighted by molar-refractivity contribution is -0.0491. The Morgan fingerprint density at radius 1 is 1.38 bits per heavy atom.